The number of amides is 1. The summed E-state index contributed by atoms with van der Waals surface area (Å²) in [6.45, 7) is 5.36. The first-order valence-electron chi connectivity index (χ1n) is 7.72. The zero-order valence-corrected chi connectivity index (χ0v) is 13.0. The third kappa shape index (κ3) is 3.50. The summed E-state index contributed by atoms with van der Waals surface area (Å²) >= 11 is 6.24. The zero-order chi connectivity index (χ0) is 14.7. The van der Waals surface area contributed by atoms with Crippen molar-refractivity contribution in [2.75, 3.05) is 44.2 Å². The standard InChI is InChI=1S/C16H22ClN3O/c17-14-3-1-2-4-15(14)19-7-9-20(10-8-19)16(21)11-13-5-6-18-12-13/h1-4,13,18H,5-12H2/t13-/m1/s1. The molecule has 114 valence electrons. The summed E-state index contributed by atoms with van der Waals surface area (Å²) in [6.07, 6.45) is 1.82. The maximum absolute atomic E-state index is 12.3. The number of halogens is 1. The second kappa shape index (κ2) is 6.67. The Morgan fingerprint density at radius 2 is 2.00 bits per heavy atom. The van der Waals surface area contributed by atoms with Crippen molar-refractivity contribution in [3.63, 3.8) is 0 Å². The number of nitrogens with one attached hydrogen (secondary N) is 1. The summed E-state index contributed by atoms with van der Waals surface area (Å²) < 4.78 is 0. The number of para-hydroxylation sites is 1. The Hall–Kier alpha value is -1.26. The quantitative estimate of drug-likeness (QED) is 0.927. The molecule has 3 rings (SSSR count). The lowest BCUT2D eigenvalue weighted by atomic mass is 10.0. The number of anilines is 1. The van der Waals surface area contributed by atoms with Gasteiger partial charge in [-0.25, -0.2) is 0 Å². The lowest BCUT2D eigenvalue weighted by Crippen LogP contribution is -2.49. The fourth-order valence-electron chi connectivity index (χ4n) is 3.17. The van der Waals surface area contributed by atoms with Crippen molar-refractivity contribution in [1.29, 1.82) is 0 Å². The molecular weight excluding hydrogens is 286 g/mol. The Morgan fingerprint density at radius 1 is 1.24 bits per heavy atom. The highest BCUT2D eigenvalue weighted by Crippen LogP contribution is 2.26. The van der Waals surface area contributed by atoms with E-state index in [1.807, 2.05) is 29.2 Å². The highest BCUT2D eigenvalue weighted by atomic mass is 35.5. The average molecular weight is 308 g/mol. The number of nitrogens with zero attached hydrogens (tertiary/aromatic N) is 2. The molecule has 2 aliphatic rings. The molecule has 5 heteroatoms. The predicted octanol–water partition coefficient (Wildman–Crippen LogP) is 1.99. The minimum Gasteiger partial charge on any atom is -0.367 e. The van der Waals surface area contributed by atoms with Crippen molar-refractivity contribution >= 4 is 23.2 Å². The topological polar surface area (TPSA) is 35.6 Å². The van der Waals surface area contributed by atoms with E-state index in [2.05, 4.69) is 10.2 Å². The van der Waals surface area contributed by atoms with Crippen LogP contribution in [0.4, 0.5) is 5.69 Å². The van der Waals surface area contributed by atoms with E-state index in [0.717, 1.165) is 56.4 Å². The van der Waals surface area contributed by atoms with Gasteiger partial charge in [-0.05, 0) is 37.6 Å². The van der Waals surface area contributed by atoms with E-state index in [4.69, 9.17) is 11.6 Å². The Labute approximate surface area is 131 Å². The van der Waals surface area contributed by atoms with E-state index in [0.29, 0.717) is 18.2 Å². The minimum absolute atomic E-state index is 0.308. The van der Waals surface area contributed by atoms with Gasteiger partial charge in [-0.15, -0.1) is 0 Å². The van der Waals surface area contributed by atoms with Crippen LogP contribution in [0.5, 0.6) is 0 Å². The first-order chi connectivity index (χ1) is 10.2. The second-order valence-corrected chi connectivity index (χ2v) is 6.29. The average Bonchev–Trinajstić information content (AvgIpc) is 3.01. The fraction of sp³-hybridized carbons (Fsp3) is 0.562. The van der Waals surface area contributed by atoms with E-state index in [-0.39, 0.29) is 0 Å². The van der Waals surface area contributed by atoms with E-state index < -0.39 is 0 Å². The van der Waals surface area contributed by atoms with E-state index in [1.165, 1.54) is 0 Å². The molecule has 1 aromatic carbocycles. The number of benzene rings is 1. The van der Waals surface area contributed by atoms with Crippen LogP contribution in [0.25, 0.3) is 0 Å². The van der Waals surface area contributed by atoms with Crippen LogP contribution in [0.3, 0.4) is 0 Å². The molecule has 2 aliphatic heterocycles. The maximum Gasteiger partial charge on any atom is 0.223 e. The molecular formula is C16H22ClN3O. The Kier molecular flexibility index (Phi) is 4.66. The van der Waals surface area contributed by atoms with E-state index >= 15 is 0 Å². The summed E-state index contributed by atoms with van der Waals surface area (Å²) in [7, 11) is 0. The number of carbonyl (C=O) groups excluding carboxylic acids is 1. The molecule has 4 nitrogen and oxygen atoms in total. The van der Waals surface area contributed by atoms with Gasteiger partial charge in [-0.2, -0.15) is 0 Å². The highest BCUT2D eigenvalue weighted by Gasteiger charge is 2.25. The van der Waals surface area contributed by atoms with Crippen LogP contribution in [0.1, 0.15) is 12.8 Å². The third-order valence-electron chi connectivity index (χ3n) is 4.45. The third-order valence-corrected chi connectivity index (χ3v) is 4.77. The SMILES string of the molecule is O=C(C[C@H]1CCNC1)N1CCN(c2ccccc2Cl)CC1. The van der Waals surface area contributed by atoms with Crippen molar-refractivity contribution in [3.05, 3.63) is 29.3 Å². The van der Waals surface area contributed by atoms with Crippen molar-refractivity contribution in [2.45, 2.75) is 12.8 Å². The van der Waals surface area contributed by atoms with Crippen LogP contribution in [0, 0.1) is 5.92 Å². The normalized spacial score (nSPS) is 22.6. The molecule has 0 radical (unpaired) electrons. The number of hydrogen-bond donors (Lipinski definition) is 1. The van der Waals surface area contributed by atoms with Gasteiger partial charge in [0.2, 0.25) is 5.91 Å². The molecule has 2 fully saturated rings. The summed E-state index contributed by atoms with van der Waals surface area (Å²) in [5.74, 6) is 0.835. The molecule has 21 heavy (non-hydrogen) atoms. The van der Waals surface area contributed by atoms with Crippen molar-refractivity contribution in [3.8, 4) is 0 Å². The van der Waals surface area contributed by atoms with Crippen LogP contribution in [0.15, 0.2) is 24.3 Å². The predicted molar refractivity (Wildman–Crippen MR) is 85.8 cm³/mol. The molecule has 2 saturated heterocycles. The zero-order valence-electron chi connectivity index (χ0n) is 12.2. The molecule has 0 saturated carbocycles. The van der Waals surface area contributed by atoms with Gasteiger partial charge >= 0.3 is 0 Å². The number of hydrogen-bond acceptors (Lipinski definition) is 3. The molecule has 0 unspecified atom stereocenters. The molecule has 1 aromatic rings. The van der Waals surface area contributed by atoms with E-state index in [9.17, 15) is 4.79 Å². The summed E-state index contributed by atoms with van der Waals surface area (Å²) in [6, 6.07) is 7.92. The lowest BCUT2D eigenvalue weighted by Gasteiger charge is -2.36. The minimum atomic E-state index is 0.308. The van der Waals surface area contributed by atoms with Gasteiger partial charge in [-0.1, -0.05) is 23.7 Å². The van der Waals surface area contributed by atoms with Crippen LogP contribution in [0.2, 0.25) is 5.02 Å². The smallest absolute Gasteiger partial charge is 0.223 e. The number of rotatable bonds is 3. The van der Waals surface area contributed by atoms with Crippen molar-refractivity contribution < 1.29 is 4.79 Å². The van der Waals surface area contributed by atoms with Crippen LogP contribution in [-0.2, 0) is 4.79 Å². The molecule has 0 bridgehead atoms. The number of carbonyl (C=O) groups is 1. The summed E-state index contributed by atoms with van der Waals surface area (Å²) in [5.41, 5.74) is 1.08. The molecule has 0 spiro atoms. The van der Waals surface area contributed by atoms with Gasteiger partial charge < -0.3 is 15.1 Å². The second-order valence-electron chi connectivity index (χ2n) is 5.88. The fourth-order valence-corrected chi connectivity index (χ4v) is 3.42. The lowest BCUT2D eigenvalue weighted by molar-refractivity contribution is -0.132. The van der Waals surface area contributed by atoms with Gasteiger partial charge in [0.15, 0.2) is 0 Å². The van der Waals surface area contributed by atoms with Crippen LogP contribution < -0.4 is 10.2 Å². The Bertz CT molecular complexity index is 494. The van der Waals surface area contributed by atoms with Gasteiger partial charge in [-0.3, -0.25) is 4.79 Å². The number of piperazine rings is 1. The Balaban J connectivity index is 1.52. The van der Waals surface area contributed by atoms with Crippen LogP contribution in [-0.4, -0.2) is 50.1 Å². The molecule has 2 heterocycles. The van der Waals surface area contributed by atoms with Crippen molar-refractivity contribution in [1.82, 2.24) is 10.2 Å². The van der Waals surface area contributed by atoms with Crippen molar-refractivity contribution in [2.24, 2.45) is 5.92 Å². The van der Waals surface area contributed by atoms with Gasteiger partial charge in [0.25, 0.3) is 0 Å². The van der Waals surface area contributed by atoms with Gasteiger partial charge in [0.1, 0.15) is 0 Å². The molecule has 0 aromatic heterocycles. The van der Waals surface area contributed by atoms with E-state index in [1.54, 1.807) is 0 Å². The summed E-state index contributed by atoms with van der Waals surface area (Å²) in [5, 5.41) is 4.11. The molecule has 1 atom stereocenters. The largest absolute Gasteiger partial charge is 0.367 e. The Morgan fingerprint density at radius 3 is 2.67 bits per heavy atom. The molecule has 1 N–H and O–H groups in total. The van der Waals surface area contributed by atoms with Gasteiger partial charge in [0, 0.05) is 32.6 Å². The highest BCUT2D eigenvalue weighted by molar-refractivity contribution is 6.33. The molecule has 1 amide bonds. The van der Waals surface area contributed by atoms with Gasteiger partial charge in [0.05, 0.1) is 10.7 Å². The summed E-state index contributed by atoms with van der Waals surface area (Å²) in [4.78, 5) is 16.6. The monoisotopic (exact) mass is 307 g/mol. The maximum atomic E-state index is 12.3. The first-order valence-corrected chi connectivity index (χ1v) is 8.10. The molecule has 0 aliphatic carbocycles. The first kappa shape index (κ1) is 14.7. The van der Waals surface area contributed by atoms with Crippen LogP contribution >= 0.6 is 11.6 Å².